The average Bonchev–Trinajstić information content (AvgIpc) is 2.73. The maximum atomic E-state index is 12.7. The Morgan fingerprint density at radius 1 is 1.19 bits per heavy atom. The second-order valence-electron chi connectivity index (χ2n) is 4.20. The fourth-order valence-electron chi connectivity index (χ4n) is 2.03. The summed E-state index contributed by atoms with van der Waals surface area (Å²) in [6, 6.07) is 0. The average molecular weight is 226 g/mol. The van der Waals surface area contributed by atoms with Crippen molar-refractivity contribution in [1.29, 1.82) is 0 Å². The summed E-state index contributed by atoms with van der Waals surface area (Å²) in [5.41, 5.74) is 0. The van der Waals surface area contributed by atoms with Crippen LogP contribution in [0.25, 0.3) is 0 Å². The van der Waals surface area contributed by atoms with Gasteiger partial charge in [0, 0.05) is 32.7 Å². The van der Waals surface area contributed by atoms with E-state index in [0.29, 0.717) is 0 Å². The highest BCUT2D eigenvalue weighted by Gasteiger charge is 2.14. The van der Waals surface area contributed by atoms with Crippen LogP contribution in [0, 0.1) is 5.82 Å². The van der Waals surface area contributed by atoms with Crippen LogP contribution in [0.2, 0.25) is 0 Å². The molecule has 0 N–H and O–H groups in total. The quantitative estimate of drug-likeness (QED) is 0.754. The first kappa shape index (κ1) is 11.5. The number of nitrogens with zero attached hydrogens (tertiary/aromatic N) is 4. The Bertz CT molecular complexity index is 318. The Morgan fingerprint density at radius 2 is 1.88 bits per heavy atom. The van der Waals surface area contributed by atoms with Crippen LogP contribution < -0.4 is 0 Å². The van der Waals surface area contributed by atoms with Crippen LogP contribution in [0.15, 0.2) is 12.4 Å². The molecular weight excluding hydrogens is 207 g/mol. The fraction of sp³-hybridized carbons (Fsp3) is 0.727. The van der Waals surface area contributed by atoms with Crippen molar-refractivity contribution < 1.29 is 4.39 Å². The Kier molecular flexibility index (Phi) is 3.90. The lowest BCUT2D eigenvalue weighted by molar-refractivity contribution is 0.133. The molecule has 0 saturated carbocycles. The highest BCUT2D eigenvalue weighted by atomic mass is 19.1. The molecule has 0 aliphatic carbocycles. The first-order valence-electron chi connectivity index (χ1n) is 5.90. The summed E-state index contributed by atoms with van der Waals surface area (Å²) in [5, 5.41) is 3.94. The third-order valence-electron chi connectivity index (χ3n) is 3.16. The van der Waals surface area contributed by atoms with Crippen LogP contribution in [0.4, 0.5) is 4.39 Å². The van der Waals surface area contributed by atoms with E-state index in [1.807, 2.05) is 0 Å². The van der Waals surface area contributed by atoms with Crippen LogP contribution in [-0.2, 0) is 6.54 Å². The van der Waals surface area contributed by atoms with E-state index in [2.05, 4.69) is 21.8 Å². The summed E-state index contributed by atoms with van der Waals surface area (Å²) in [6.45, 7) is 9.57. The molecule has 90 valence electrons. The van der Waals surface area contributed by atoms with Gasteiger partial charge in [0.25, 0.3) is 0 Å². The molecule has 5 heteroatoms. The third-order valence-corrected chi connectivity index (χ3v) is 3.16. The molecule has 1 saturated heterocycles. The second kappa shape index (κ2) is 5.41. The van der Waals surface area contributed by atoms with Crippen LogP contribution in [0.1, 0.15) is 6.92 Å². The smallest absolute Gasteiger partial charge is 0.161 e. The van der Waals surface area contributed by atoms with E-state index in [9.17, 15) is 4.39 Å². The highest BCUT2D eigenvalue weighted by Crippen LogP contribution is 2.01. The van der Waals surface area contributed by atoms with E-state index in [4.69, 9.17) is 0 Å². The molecule has 1 fully saturated rings. The van der Waals surface area contributed by atoms with Gasteiger partial charge in [-0.2, -0.15) is 5.10 Å². The minimum atomic E-state index is -0.254. The molecule has 1 aromatic heterocycles. The van der Waals surface area contributed by atoms with Crippen molar-refractivity contribution in [3.05, 3.63) is 18.2 Å². The number of hydrogen-bond acceptors (Lipinski definition) is 3. The minimum Gasteiger partial charge on any atom is -0.301 e. The molecule has 0 spiro atoms. The summed E-state index contributed by atoms with van der Waals surface area (Å²) in [6.07, 6.45) is 2.71. The van der Waals surface area contributed by atoms with Crippen LogP contribution in [0.3, 0.4) is 0 Å². The van der Waals surface area contributed by atoms with E-state index in [0.717, 1.165) is 45.8 Å². The maximum absolute atomic E-state index is 12.7. The van der Waals surface area contributed by atoms with Gasteiger partial charge in [0.2, 0.25) is 0 Å². The molecule has 0 atom stereocenters. The van der Waals surface area contributed by atoms with Gasteiger partial charge in [-0.15, -0.1) is 0 Å². The highest BCUT2D eigenvalue weighted by molar-refractivity contribution is 4.83. The van der Waals surface area contributed by atoms with Gasteiger partial charge in [-0.05, 0) is 6.54 Å². The zero-order valence-corrected chi connectivity index (χ0v) is 9.77. The molecule has 0 bridgehead atoms. The van der Waals surface area contributed by atoms with Gasteiger partial charge in [-0.25, -0.2) is 4.39 Å². The van der Waals surface area contributed by atoms with Crippen molar-refractivity contribution in [3.8, 4) is 0 Å². The molecule has 1 aliphatic rings. The van der Waals surface area contributed by atoms with E-state index in [-0.39, 0.29) is 5.82 Å². The number of halogens is 1. The van der Waals surface area contributed by atoms with Gasteiger partial charge in [-0.1, -0.05) is 6.92 Å². The number of rotatable bonds is 4. The molecule has 0 radical (unpaired) electrons. The van der Waals surface area contributed by atoms with Crippen LogP contribution >= 0.6 is 0 Å². The minimum absolute atomic E-state index is 0.254. The maximum Gasteiger partial charge on any atom is 0.161 e. The van der Waals surface area contributed by atoms with Crippen LogP contribution in [-0.4, -0.2) is 58.8 Å². The van der Waals surface area contributed by atoms with Gasteiger partial charge in [0.05, 0.1) is 18.9 Å². The normalized spacial score (nSPS) is 19.1. The van der Waals surface area contributed by atoms with E-state index in [1.165, 1.54) is 12.4 Å². The monoisotopic (exact) mass is 226 g/mol. The molecule has 0 amide bonds. The van der Waals surface area contributed by atoms with E-state index >= 15 is 0 Å². The van der Waals surface area contributed by atoms with Crippen molar-refractivity contribution in [2.24, 2.45) is 0 Å². The van der Waals surface area contributed by atoms with E-state index in [1.54, 1.807) is 4.68 Å². The van der Waals surface area contributed by atoms with Gasteiger partial charge in [-0.3, -0.25) is 9.58 Å². The van der Waals surface area contributed by atoms with Crippen molar-refractivity contribution in [3.63, 3.8) is 0 Å². The standard InChI is InChI=1S/C11H19FN4/c1-2-14-3-5-15(6-4-14)7-8-16-10-11(12)9-13-16/h9-10H,2-8H2,1H3. The predicted octanol–water partition coefficient (Wildman–Crippen LogP) is 0.660. The lowest BCUT2D eigenvalue weighted by atomic mass is 10.3. The Morgan fingerprint density at radius 3 is 2.44 bits per heavy atom. The lowest BCUT2D eigenvalue weighted by Gasteiger charge is -2.33. The summed E-state index contributed by atoms with van der Waals surface area (Å²) in [7, 11) is 0. The zero-order valence-electron chi connectivity index (χ0n) is 9.77. The first-order valence-corrected chi connectivity index (χ1v) is 5.90. The Hall–Kier alpha value is -0.940. The SMILES string of the molecule is CCN1CCN(CCn2cc(F)cn2)CC1. The largest absolute Gasteiger partial charge is 0.301 e. The van der Waals surface area contributed by atoms with Crippen molar-refractivity contribution in [2.75, 3.05) is 39.3 Å². The molecule has 2 rings (SSSR count). The molecule has 0 unspecified atom stereocenters. The molecule has 1 aliphatic heterocycles. The topological polar surface area (TPSA) is 24.3 Å². The third kappa shape index (κ3) is 3.02. The molecule has 1 aromatic rings. The fourth-order valence-corrected chi connectivity index (χ4v) is 2.03. The summed E-state index contributed by atoms with van der Waals surface area (Å²) in [5.74, 6) is -0.254. The van der Waals surface area contributed by atoms with Gasteiger partial charge < -0.3 is 4.90 Å². The van der Waals surface area contributed by atoms with Gasteiger partial charge >= 0.3 is 0 Å². The lowest BCUT2D eigenvalue weighted by Crippen LogP contribution is -2.46. The number of aromatic nitrogens is 2. The Labute approximate surface area is 95.6 Å². The molecule has 2 heterocycles. The Balaban J connectivity index is 1.71. The molecular formula is C11H19FN4. The summed E-state index contributed by atoms with van der Waals surface area (Å²) < 4.78 is 14.4. The van der Waals surface area contributed by atoms with Gasteiger partial charge in [0.15, 0.2) is 5.82 Å². The molecule has 4 nitrogen and oxygen atoms in total. The van der Waals surface area contributed by atoms with E-state index < -0.39 is 0 Å². The van der Waals surface area contributed by atoms with Gasteiger partial charge in [0.1, 0.15) is 0 Å². The summed E-state index contributed by atoms with van der Waals surface area (Å²) in [4.78, 5) is 4.86. The number of hydrogen-bond donors (Lipinski definition) is 0. The summed E-state index contributed by atoms with van der Waals surface area (Å²) >= 11 is 0. The number of piperazine rings is 1. The molecule has 16 heavy (non-hydrogen) atoms. The number of likely N-dealkylation sites (N-methyl/N-ethyl adjacent to an activating group) is 1. The molecule has 0 aromatic carbocycles. The van der Waals surface area contributed by atoms with Crippen LogP contribution in [0.5, 0.6) is 0 Å². The zero-order chi connectivity index (χ0) is 11.4. The van der Waals surface area contributed by atoms with Crippen molar-refractivity contribution in [1.82, 2.24) is 19.6 Å². The van der Waals surface area contributed by atoms with Crippen molar-refractivity contribution in [2.45, 2.75) is 13.5 Å². The predicted molar refractivity (Wildman–Crippen MR) is 60.7 cm³/mol. The first-order chi connectivity index (χ1) is 7.78. The van der Waals surface area contributed by atoms with Crippen molar-refractivity contribution >= 4 is 0 Å². The second-order valence-corrected chi connectivity index (χ2v) is 4.20.